The molecule has 1 fully saturated rings. The molecule has 0 spiro atoms. The molecule has 0 unspecified atom stereocenters. The Morgan fingerprint density at radius 1 is 0.964 bits per heavy atom. The number of fused-ring (bicyclic) bond motifs is 1. The number of methoxy groups -OCH3 is 1. The number of amides is 1. The van der Waals surface area contributed by atoms with Crippen LogP contribution in [0, 0.1) is 0 Å². The van der Waals surface area contributed by atoms with Crippen LogP contribution in [0.3, 0.4) is 0 Å². The Hall–Kier alpha value is -3.15. The van der Waals surface area contributed by atoms with Gasteiger partial charge < -0.3 is 14.8 Å². The van der Waals surface area contributed by atoms with E-state index >= 15 is 0 Å². The van der Waals surface area contributed by atoms with Crippen LogP contribution < -0.4 is 14.8 Å². The molecule has 4 rings (SSSR count). The molecule has 1 heterocycles. The third-order valence-electron chi connectivity index (χ3n) is 5.13. The van der Waals surface area contributed by atoms with E-state index in [-0.39, 0.29) is 18.1 Å². The topological polar surface area (TPSA) is 73.3 Å². The fourth-order valence-corrected chi connectivity index (χ4v) is 3.62. The highest BCUT2D eigenvalue weighted by molar-refractivity contribution is 5.98. The average molecular weight is 377 g/mol. The first-order valence-corrected chi connectivity index (χ1v) is 9.54. The molecule has 1 amide bonds. The molecule has 1 saturated carbocycles. The molecule has 6 heteroatoms. The first kappa shape index (κ1) is 18.2. The highest BCUT2D eigenvalue weighted by Crippen LogP contribution is 2.27. The summed E-state index contributed by atoms with van der Waals surface area (Å²) in [6.07, 6.45) is 6.65. The van der Waals surface area contributed by atoms with E-state index in [1.165, 1.54) is 0 Å². The number of hydrogen-bond donors (Lipinski definition) is 1. The summed E-state index contributed by atoms with van der Waals surface area (Å²) in [6, 6.07) is 14.0. The van der Waals surface area contributed by atoms with E-state index in [4.69, 9.17) is 9.47 Å². The maximum Gasteiger partial charge on any atom is 0.278 e. The molecule has 2 aromatic carbocycles. The Balaban J connectivity index is 1.33. The molecule has 1 N–H and O–H groups in total. The van der Waals surface area contributed by atoms with Crippen LogP contribution in [0.2, 0.25) is 0 Å². The summed E-state index contributed by atoms with van der Waals surface area (Å²) in [7, 11) is 1.55. The van der Waals surface area contributed by atoms with Gasteiger partial charge in [-0.05, 0) is 48.6 Å². The lowest BCUT2D eigenvalue weighted by molar-refractivity contribution is 0.0886. The van der Waals surface area contributed by atoms with E-state index in [9.17, 15) is 4.79 Å². The van der Waals surface area contributed by atoms with Crippen LogP contribution >= 0.6 is 0 Å². The lowest BCUT2D eigenvalue weighted by Crippen LogP contribution is -2.39. The minimum atomic E-state index is -0.0225. The molecule has 6 nitrogen and oxygen atoms in total. The van der Waals surface area contributed by atoms with Gasteiger partial charge in [-0.15, -0.1) is 0 Å². The number of aromatic nitrogens is 2. The van der Waals surface area contributed by atoms with E-state index in [2.05, 4.69) is 15.3 Å². The number of rotatable bonds is 5. The zero-order valence-corrected chi connectivity index (χ0v) is 15.8. The van der Waals surface area contributed by atoms with Crippen molar-refractivity contribution >= 4 is 16.7 Å². The fourth-order valence-electron chi connectivity index (χ4n) is 3.62. The van der Waals surface area contributed by atoms with Gasteiger partial charge in [0.15, 0.2) is 0 Å². The van der Waals surface area contributed by atoms with Crippen molar-refractivity contribution in [2.45, 2.75) is 37.8 Å². The van der Waals surface area contributed by atoms with Crippen LogP contribution in [0.25, 0.3) is 10.8 Å². The van der Waals surface area contributed by atoms with E-state index in [0.29, 0.717) is 17.3 Å². The molecule has 0 atom stereocenters. The molecule has 1 aliphatic carbocycles. The van der Waals surface area contributed by atoms with Gasteiger partial charge in [-0.2, -0.15) is 0 Å². The first-order chi connectivity index (χ1) is 13.7. The number of ether oxygens (including phenoxy) is 2. The van der Waals surface area contributed by atoms with Gasteiger partial charge in [-0.1, -0.05) is 30.3 Å². The Labute approximate surface area is 163 Å². The van der Waals surface area contributed by atoms with Gasteiger partial charge in [-0.3, -0.25) is 4.79 Å². The van der Waals surface area contributed by atoms with E-state index in [1.54, 1.807) is 19.5 Å². The quantitative estimate of drug-likeness (QED) is 0.733. The first-order valence-electron chi connectivity index (χ1n) is 9.54. The normalized spacial score (nSPS) is 19.2. The summed E-state index contributed by atoms with van der Waals surface area (Å²) in [5.41, 5.74) is 0.696. The molecule has 144 valence electrons. The van der Waals surface area contributed by atoms with Crippen molar-refractivity contribution < 1.29 is 14.3 Å². The number of hydrogen-bond acceptors (Lipinski definition) is 5. The minimum Gasteiger partial charge on any atom is -0.477 e. The van der Waals surface area contributed by atoms with E-state index < -0.39 is 0 Å². The van der Waals surface area contributed by atoms with Crippen LogP contribution in [-0.2, 0) is 0 Å². The van der Waals surface area contributed by atoms with E-state index in [0.717, 1.165) is 36.5 Å². The molecule has 1 aliphatic rings. The molecule has 0 radical (unpaired) electrons. The van der Waals surface area contributed by atoms with Gasteiger partial charge in [-0.25, -0.2) is 9.97 Å². The zero-order chi connectivity index (χ0) is 19.3. The van der Waals surface area contributed by atoms with Gasteiger partial charge in [0.1, 0.15) is 6.10 Å². The SMILES string of the molecule is COc1nccnc1OC1CCC(NC(=O)c2ccc3ccccc3c2)CC1. The van der Waals surface area contributed by atoms with Crippen LogP contribution in [0.4, 0.5) is 0 Å². The average Bonchev–Trinajstić information content (AvgIpc) is 2.75. The molecule has 1 aromatic heterocycles. The summed E-state index contributed by atoms with van der Waals surface area (Å²) >= 11 is 0. The molecular formula is C22H23N3O3. The molecule has 0 saturated heterocycles. The second-order valence-electron chi connectivity index (χ2n) is 7.00. The minimum absolute atomic E-state index is 0.0225. The maximum absolute atomic E-state index is 12.6. The highest BCUT2D eigenvalue weighted by atomic mass is 16.5. The Morgan fingerprint density at radius 3 is 2.43 bits per heavy atom. The summed E-state index contributed by atoms with van der Waals surface area (Å²) in [4.78, 5) is 20.9. The van der Waals surface area contributed by atoms with Crippen molar-refractivity contribution in [3.8, 4) is 11.8 Å². The Kier molecular flexibility index (Phi) is 5.37. The summed E-state index contributed by atoms with van der Waals surface area (Å²) < 4.78 is 11.1. The van der Waals surface area contributed by atoms with Crippen molar-refractivity contribution in [3.05, 3.63) is 60.4 Å². The third-order valence-corrected chi connectivity index (χ3v) is 5.13. The molecule has 0 aliphatic heterocycles. The van der Waals surface area contributed by atoms with Crippen molar-refractivity contribution in [3.63, 3.8) is 0 Å². The smallest absolute Gasteiger partial charge is 0.278 e. The third kappa shape index (κ3) is 4.06. The monoisotopic (exact) mass is 377 g/mol. The predicted molar refractivity (Wildman–Crippen MR) is 107 cm³/mol. The lowest BCUT2D eigenvalue weighted by Gasteiger charge is -2.29. The highest BCUT2D eigenvalue weighted by Gasteiger charge is 2.25. The summed E-state index contributed by atoms with van der Waals surface area (Å²) in [5, 5.41) is 5.37. The summed E-state index contributed by atoms with van der Waals surface area (Å²) in [5.74, 6) is 0.800. The van der Waals surface area contributed by atoms with Gasteiger partial charge in [0, 0.05) is 24.0 Å². The standard InChI is InChI=1S/C22H23N3O3/c1-27-21-22(24-13-12-23-21)28-19-10-8-18(9-11-19)25-20(26)17-7-6-15-4-2-3-5-16(15)14-17/h2-7,12-14,18-19H,8-11H2,1H3,(H,25,26). The summed E-state index contributed by atoms with van der Waals surface area (Å²) in [6.45, 7) is 0. The number of nitrogens with one attached hydrogen (secondary N) is 1. The largest absolute Gasteiger partial charge is 0.477 e. The van der Waals surface area contributed by atoms with Crippen molar-refractivity contribution in [2.75, 3.05) is 7.11 Å². The molecule has 28 heavy (non-hydrogen) atoms. The Morgan fingerprint density at radius 2 is 1.68 bits per heavy atom. The van der Waals surface area contributed by atoms with Gasteiger partial charge in [0.05, 0.1) is 7.11 Å². The van der Waals surface area contributed by atoms with Crippen molar-refractivity contribution in [2.24, 2.45) is 0 Å². The Bertz CT molecular complexity index is 968. The van der Waals surface area contributed by atoms with Crippen LogP contribution in [0.15, 0.2) is 54.9 Å². The van der Waals surface area contributed by atoms with Gasteiger partial charge in [0.2, 0.25) is 0 Å². The second kappa shape index (κ2) is 8.25. The van der Waals surface area contributed by atoms with Crippen LogP contribution in [0.1, 0.15) is 36.0 Å². The second-order valence-corrected chi connectivity index (χ2v) is 7.00. The van der Waals surface area contributed by atoms with Crippen LogP contribution in [-0.4, -0.2) is 35.1 Å². The maximum atomic E-state index is 12.6. The van der Waals surface area contributed by atoms with Crippen LogP contribution in [0.5, 0.6) is 11.8 Å². The number of nitrogens with zero attached hydrogens (tertiary/aromatic N) is 2. The lowest BCUT2D eigenvalue weighted by atomic mass is 9.92. The van der Waals surface area contributed by atoms with Crippen molar-refractivity contribution in [1.29, 1.82) is 0 Å². The fraction of sp³-hybridized carbons (Fsp3) is 0.318. The van der Waals surface area contributed by atoms with E-state index in [1.807, 2.05) is 42.5 Å². The van der Waals surface area contributed by atoms with Crippen molar-refractivity contribution in [1.82, 2.24) is 15.3 Å². The molecular weight excluding hydrogens is 354 g/mol. The molecule has 0 bridgehead atoms. The van der Waals surface area contributed by atoms with Gasteiger partial charge in [0.25, 0.3) is 17.7 Å². The molecule has 3 aromatic rings. The number of carbonyl (C=O) groups is 1. The number of benzene rings is 2. The number of carbonyl (C=O) groups excluding carboxylic acids is 1. The predicted octanol–water partition coefficient (Wildman–Crippen LogP) is 3.76. The van der Waals surface area contributed by atoms with Gasteiger partial charge >= 0.3 is 0 Å². The zero-order valence-electron chi connectivity index (χ0n) is 15.8.